The maximum absolute atomic E-state index is 13.0. The quantitative estimate of drug-likeness (QED) is 0.485. The Balaban J connectivity index is 1.68. The van der Waals surface area contributed by atoms with Crippen LogP contribution in [0.1, 0.15) is 35.2 Å². The molecule has 2 aliphatic rings. The molecule has 0 N–H and O–H groups in total. The fourth-order valence-electron chi connectivity index (χ4n) is 4.08. The highest BCUT2D eigenvalue weighted by Crippen LogP contribution is 2.37. The monoisotopic (exact) mass is 450 g/mol. The first-order valence-electron chi connectivity index (χ1n) is 11.4. The molecule has 2 heterocycles. The summed E-state index contributed by atoms with van der Waals surface area (Å²) in [6.07, 6.45) is 2.09. The molecule has 5 rings (SSSR count). The lowest BCUT2D eigenvalue weighted by Crippen LogP contribution is -2.44. The Morgan fingerprint density at radius 2 is 1.56 bits per heavy atom. The van der Waals surface area contributed by atoms with Crippen molar-refractivity contribution >= 4 is 29.1 Å². The molecule has 6 nitrogen and oxygen atoms in total. The van der Waals surface area contributed by atoms with Gasteiger partial charge in [-0.2, -0.15) is 5.01 Å². The normalized spacial score (nSPS) is 17.0. The van der Waals surface area contributed by atoms with Gasteiger partial charge in [0.05, 0.1) is 24.0 Å². The SMILES string of the molecule is CCOC(=O)C1=NN(c2ccccc2)C2=NC(c3ccc(C)cc3)=CC(c3ccc(C)cc3)N12. The van der Waals surface area contributed by atoms with Crippen LogP contribution in [-0.2, 0) is 9.53 Å². The van der Waals surface area contributed by atoms with Crippen LogP contribution in [0.4, 0.5) is 5.69 Å². The first-order valence-corrected chi connectivity index (χ1v) is 11.4. The van der Waals surface area contributed by atoms with Crippen molar-refractivity contribution < 1.29 is 9.53 Å². The molecule has 2 aliphatic heterocycles. The van der Waals surface area contributed by atoms with Gasteiger partial charge in [-0.3, -0.25) is 4.90 Å². The Morgan fingerprint density at radius 1 is 0.912 bits per heavy atom. The number of carbonyl (C=O) groups is 1. The number of aryl methyl sites for hydroxylation is 2. The van der Waals surface area contributed by atoms with E-state index >= 15 is 0 Å². The molecule has 0 aliphatic carbocycles. The van der Waals surface area contributed by atoms with Gasteiger partial charge in [0.2, 0.25) is 11.8 Å². The van der Waals surface area contributed by atoms with Crippen molar-refractivity contribution in [2.45, 2.75) is 26.8 Å². The molecule has 0 amide bonds. The molecule has 0 fully saturated rings. The second-order valence-corrected chi connectivity index (χ2v) is 8.35. The summed E-state index contributed by atoms with van der Waals surface area (Å²) in [5.41, 5.74) is 6.05. The van der Waals surface area contributed by atoms with Crippen molar-refractivity contribution in [3.63, 3.8) is 0 Å². The van der Waals surface area contributed by atoms with Crippen LogP contribution in [0.5, 0.6) is 0 Å². The number of hydrogen-bond acceptors (Lipinski definition) is 6. The minimum Gasteiger partial charge on any atom is -0.460 e. The molecule has 0 aromatic heterocycles. The highest BCUT2D eigenvalue weighted by Gasteiger charge is 2.43. The van der Waals surface area contributed by atoms with Gasteiger partial charge in [0, 0.05) is 5.56 Å². The van der Waals surface area contributed by atoms with Crippen molar-refractivity contribution in [2.24, 2.45) is 10.1 Å². The van der Waals surface area contributed by atoms with Crippen molar-refractivity contribution in [1.82, 2.24) is 4.90 Å². The van der Waals surface area contributed by atoms with E-state index in [1.807, 2.05) is 35.2 Å². The van der Waals surface area contributed by atoms with E-state index in [1.54, 1.807) is 11.9 Å². The van der Waals surface area contributed by atoms with E-state index in [0.717, 1.165) is 22.5 Å². The number of para-hydroxylation sites is 1. The predicted octanol–water partition coefficient (Wildman–Crippen LogP) is 5.45. The fraction of sp³-hybridized carbons (Fsp3) is 0.179. The van der Waals surface area contributed by atoms with Gasteiger partial charge in [0.1, 0.15) is 0 Å². The number of anilines is 1. The van der Waals surface area contributed by atoms with Crippen LogP contribution in [0.25, 0.3) is 5.70 Å². The second kappa shape index (κ2) is 8.98. The number of aliphatic imine (C=N–C) groups is 1. The van der Waals surface area contributed by atoms with Gasteiger partial charge in [-0.05, 0) is 44.5 Å². The Kier molecular flexibility index (Phi) is 5.72. The molecule has 0 spiro atoms. The lowest BCUT2D eigenvalue weighted by Gasteiger charge is -2.32. The molecule has 3 aromatic rings. The number of benzene rings is 3. The third-order valence-corrected chi connectivity index (χ3v) is 5.87. The lowest BCUT2D eigenvalue weighted by molar-refractivity contribution is -0.135. The minimum absolute atomic E-state index is 0.217. The number of carbonyl (C=O) groups excluding carboxylic acids is 1. The zero-order valence-corrected chi connectivity index (χ0v) is 19.5. The molecule has 34 heavy (non-hydrogen) atoms. The van der Waals surface area contributed by atoms with E-state index in [1.165, 1.54) is 11.1 Å². The van der Waals surface area contributed by atoms with Crippen LogP contribution in [0.3, 0.4) is 0 Å². The number of fused-ring (bicyclic) bond motifs is 1. The number of amidine groups is 1. The van der Waals surface area contributed by atoms with Crippen molar-refractivity contribution in [3.8, 4) is 0 Å². The molecule has 0 radical (unpaired) electrons. The van der Waals surface area contributed by atoms with Crippen LogP contribution in [-0.4, -0.2) is 29.3 Å². The van der Waals surface area contributed by atoms with Crippen LogP contribution in [0, 0.1) is 13.8 Å². The highest BCUT2D eigenvalue weighted by atomic mass is 16.5. The average molecular weight is 451 g/mol. The van der Waals surface area contributed by atoms with Gasteiger partial charge >= 0.3 is 5.97 Å². The van der Waals surface area contributed by atoms with Crippen molar-refractivity contribution in [1.29, 1.82) is 0 Å². The smallest absolute Gasteiger partial charge is 0.376 e. The van der Waals surface area contributed by atoms with Gasteiger partial charge < -0.3 is 4.74 Å². The first-order chi connectivity index (χ1) is 16.5. The zero-order chi connectivity index (χ0) is 23.7. The number of hydrazone groups is 1. The van der Waals surface area contributed by atoms with Gasteiger partial charge in [0.25, 0.3) is 0 Å². The summed E-state index contributed by atoms with van der Waals surface area (Å²) in [4.78, 5) is 19.9. The highest BCUT2D eigenvalue weighted by molar-refractivity contribution is 6.41. The van der Waals surface area contributed by atoms with Crippen molar-refractivity contribution in [2.75, 3.05) is 11.6 Å². The van der Waals surface area contributed by atoms with Gasteiger partial charge in [-0.25, -0.2) is 9.79 Å². The Labute approximate surface area is 199 Å². The molecular formula is C28H26N4O2. The lowest BCUT2D eigenvalue weighted by atomic mass is 9.99. The average Bonchev–Trinajstić information content (AvgIpc) is 3.25. The Bertz CT molecular complexity index is 1290. The summed E-state index contributed by atoms with van der Waals surface area (Å²) in [7, 11) is 0. The van der Waals surface area contributed by atoms with Crippen LogP contribution < -0.4 is 5.01 Å². The summed E-state index contributed by atoms with van der Waals surface area (Å²) in [5, 5.41) is 6.41. The Hall–Kier alpha value is -4.19. The molecule has 1 unspecified atom stereocenters. The predicted molar refractivity (Wildman–Crippen MR) is 135 cm³/mol. The van der Waals surface area contributed by atoms with Gasteiger partial charge in [0.15, 0.2) is 0 Å². The molecule has 1 atom stereocenters. The number of ether oxygens (including phenoxy) is 1. The van der Waals surface area contributed by atoms with Crippen LogP contribution in [0.2, 0.25) is 0 Å². The number of hydrogen-bond donors (Lipinski definition) is 0. The van der Waals surface area contributed by atoms with E-state index < -0.39 is 5.97 Å². The molecule has 6 heteroatoms. The number of nitrogens with zero attached hydrogens (tertiary/aromatic N) is 4. The molecule has 3 aromatic carbocycles. The summed E-state index contributed by atoms with van der Waals surface area (Å²) < 4.78 is 5.37. The van der Waals surface area contributed by atoms with Crippen molar-refractivity contribution in [3.05, 3.63) is 107 Å². The summed E-state index contributed by atoms with van der Waals surface area (Å²) in [6, 6.07) is 26.1. The number of guanidine groups is 1. The van der Waals surface area contributed by atoms with E-state index in [4.69, 9.17) is 14.8 Å². The van der Waals surface area contributed by atoms with Gasteiger partial charge in [-0.15, -0.1) is 5.10 Å². The number of rotatable bonds is 5. The zero-order valence-electron chi connectivity index (χ0n) is 19.5. The third kappa shape index (κ3) is 3.99. The van der Waals surface area contributed by atoms with E-state index in [-0.39, 0.29) is 18.5 Å². The maximum Gasteiger partial charge on any atom is 0.376 e. The molecule has 0 saturated carbocycles. The summed E-state index contributed by atoms with van der Waals surface area (Å²) in [5.74, 6) is 0.310. The maximum atomic E-state index is 13.0. The van der Waals surface area contributed by atoms with Gasteiger partial charge in [-0.1, -0.05) is 77.9 Å². The topological polar surface area (TPSA) is 57.5 Å². The number of esters is 1. The van der Waals surface area contributed by atoms with E-state index in [9.17, 15) is 4.79 Å². The second-order valence-electron chi connectivity index (χ2n) is 8.35. The van der Waals surface area contributed by atoms with E-state index in [2.05, 4.69) is 68.5 Å². The standard InChI is InChI=1S/C28H26N4O2/c1-4-34-27(33)26-30-32(23-8-6-5-7-9-23)28-29-24(21-14-10-19(2)11-15-21)18-25(31(26)28)22-16-12-20(3)13-17-22/h5-18,25H,4H2,1-3H3. The molecule has 0 bridgehead atoms. The first kappa shape index (κ1) is 21.6. The molecular weight excluding hydrogens is 424 g/mol. The fourth-order valence-corrected chi connectivity index (χ4v) is 4.08. The summed E-state index contributed by atoms with van der Waals surface area (Å²) >= 11 is 0. The largest absolute Gasteiger partial charge is 0.460 e. The van der Waals surface area contributed by atoms with Crippen LogP contribution >= 0.6 is 0 Å². The molecule has 0 saturated heterocycles. The third-order valence-electron chi connectivity index (χ3n) is 5.87. The summed E-state index contributed by atoms with van der Waals surface area (Å²) in [6.45, 7) is 6.18. The van der Waals surface area contributed by atoms with E-state index in [0.29, 0.717) is 5.96 Å². The Morgan fingerprint density at radius 3 is 2.21 bits per heavy atom. The minimum atomic E-state index is -0.474. The molecule has 170 valence electrons. The van der Waals surface area contributed by atoms with Crippen LogP contribution in [0.15, 0.2) is 95.0 Å².